The van der Waals surface area contributed by atoms with Crippen LogP contribution in [0.15, 0.2) is 79.0 Å². The zero-order chi connectivity index (χ0) is 17.7. The minimum absolute atomic E-state index is 0.588. The molecule has 0 bridgehead atoms. The number of hydrogen-bond acceptors (Lipinski definition) is 2. The lowest BCUT2D eigenvalue weighted by atomic mass is 9.93. The molecule has 1 aliphatic rings. The van der Waals surface area contributed by atoms with Gasteiger partial charge in [0.1, 0.15) is 7.14 Å². The van der Waals surface area contributed by atoms with E-state index in [-0.39, 0.29) is 0 Å². The number of rotatable bonds is 1. The molecule has 1 aromatic heterocycles. The Balaban J connectivity index is 2.06. The van der Waals surface area contributed by atoms with Gasteiger partial charge < -0.3 is 4.57 Å². The molecule has 1 atom stereocenters. The molecule has 0 aliphatic carbocycles. The van der Waals surface area contributed by atoms with Gasteiger partial charge in [-0.25, -0.2) is 0 Å². The maximum Gasteiger partial charge on any atom is 0.145 e. The number of pyridine rings is 1. The summed E-state index contributed by atoms with van der Waals surface area (Å²) in [5.74, 6) is 0. The Labute approximate surface area is 152 Å². The van der Waals surface area contributed by atoms with Gasteiger partial charge in [0.25, 0.3) is 0 Å². The van der Waals surface area contributed by atoms with Crippen molar-refractivity contribution in [3.05, 3.63) is 79.0 Å². The molecule has 3 aromatic carbocycles. The van der Waals surface area contributed by atoms with Crippen LogP contribution in [0.25, 0.3) is 33.2 Å². The Hall–Kier alpha value is -2.70. The lowest BCUT2D eigenvalue weighted by molar-refractivity contribution is 0.588. The van der Waals surface area contributed by atoms with Crippen LogP contribution in [0.4, 0.5) is 0 Å². The molecule has 0 saturated heterocycles. The van der Waals surface area contributed by atoms with E-state index >= 15 is 0 Å². The van der Waals surface area contributed by atoms with Crippen LogP contribution in [0.5, 0.6) is 0 Å². The monoisotopic (exact) mass is 355 g/mol. The van der Waals surface area contributed by atoms with Crippen molar-refractivity contribution in [1.29, 1.82) is 0 Å². The number of fused-ring (bicyclic) bond motifs is 7. The SMILES string of the molecule is CCP1(=O)c2cccnc2-c2ccccc2-c2c1ccc1ccccc21. The average molecular weight is 355 g/mol. The van der Waals surface area contributed by atoms with Crippen molar-refractivity contribution in [2.75, 3.05) is 6.16 Å². The molecule has 0 N–H and O–H groups in total. The van der Waals surface area contributed by atoms with Crippen LogP contribution in [0, 0.1) is 0 Å². The van der Waals surface area contributed by atoms with E-state index in [9.17, 15) is 4.57 Å². The van der Waals surface area contributed by atoms with E-state index in [1.807, 2.05) is 31.2 Å². The molecule has 0 radical (unpaired) electrons. The topological polar surface area (TPSA) is 30.0 Å². The minimum atomic E-state index is -2.77. The first kappa shape index (κ1) is 15.5. The maximum atomic E-state index is 14.3. The first-order valence-electron chi connectivity index (χ1n) is 8.91. The summed E-state index contributed by atoms with van der Waals surface area (Å²) in [7, 11) is -2.77. The number of hydrogen-bond donors (Lipinski definition) is 0. The molecule has 0 saturated carbocycles. The maximum absolute atomic E-state index is 14.3. The van der Waals surface area contributed by atoms with Crippen molar-refractivity contribution in [3.8, 4) is 22.4 Å². The highest BCUT2D eigenvalue weighted by Gasteiger charge is 2.35. The molecule has 3 heteroatoms. The van der Waals surface area contributed by atoms with Gasteiger partial charge >= 0.3 is 0 Å². The van der Waals surface area contributed by atoms with E-state index in [0.29, 0.717) is 6.16 Å². The van der Waals surface area contributed by atoms with Gasteiger partial charge in [0.2, 0.25) is 0 Å². The van der Waals surface area contributed by atoms with E-state index in [0.717, 1.165) is 38.4 Å². The van der Waals surface area contributed by atoms with Gasteiger partial charge in [-0.3, -0.25) is 4.98 Å². The fourth-order valence-electron chi connectivity index (χ4n) is 4.12. The third-order valence-corrected chi connectivity index (χ3v) is 8.55. The zero-order valence-electron chi connectivity index (χ0n) is 14.5. The smallest absolute Gasteiger partial charge is 0.145 e. The van der Waals surface area contributed by atoms with E-state index in [1.54, 1.807) is 6.20 Å². The van der Waals surface area contributed by atoms with Crippen molar-refractivity contribution < 1.29 is 4.57 Å². The van der Waals surface area contributed by atoms with Crippen molar-refractivity contribution >= 4 is 28.5 Å². The first-order chi connectivity index (χ1) is 12.7. The summed E-state index contributed by atoms with van der Waals surface area (Å²) in [5, 5.41) is 4.16. The normalized spacial score (nSPS) is 17.9. The Bertz CT molecular complexity index is 1210. The molecule has 0 spiro atoms. The van der Waals surface area contributed by atoms with Crippen LogP contribution in [0.1, 0.15) is 6.92 Å². The minimum Gasteiger partial charge on any atom is -0.314 e. The van der Waals surface area contributed by atoms with Crippen molar-refractivity contribution in [1.82, 2.24) is 4.98 Å². The Morgan fingerprint density at radius 1 is 0.808 bits per heavy atom. The van der Waals surface area contributed by atoms with Gasteiger partial charge in [0, 0.05) is 34.1 Å². The second kappa shape index (κ2) is 5.65. The lowest BCUT2D eigenvalue weighted by Crippen LogP contribution is -2.20. The molecule has 4 aromatic rings. The molecule has 1 unspecified atom stereocenters. The predicted octanol–water partition coefficient (Wildman–Crippen LogP) is 5.22. The second-order valence-corrected chi connectivity index (χ2v) is 9.73. The second-order valence-electron chi connectivity index (χ2n) is 6.65. The molecular formula is C23H18NOP. The van der Waals surface area contributed by atoms with Crippen molar-refractivity contribution in [2.24, 2.45) is 0 Å². The summed E-state index contributed by atoms with van der Waals surface area (Å²) < 4.78 is 14.3. The van der Waals surface area contributed by atoms with Crippen LogP contribution >= 0.6 is 7.14 Å². The van der Waals surface area contributed by atoms with Crippen LogP contribution in [-0.4, -0.2) is 11.1 Å². The molecule has 126 valence electrons. The number of nitrogens with zero attached hydrogens (tertiary/aromatic N) is 1. The largest absolute Gasteiger partial charge is 0.314 e. The van der Waals surface area contributed by atoms with Crippen molar-refractivity contribution in [2.45, 2.75) is 6.92 Å². The zero-order valence-corrected chi connectivity index (χ0v) is 15.4. The summed E-state index contributed by atoms with van der Waals surface area (Å²) in [4.78, 5) is 4.65. The summed E-state index contributed by atoms with van der Waals surface area (Å²) in [6.45, 7) is 2.02. The third kappa shape index (κ3) is 2.00. The van der Waals surface area contributed by atoms with Gasteiger partial charge in [0.15, 0.2) is 0 Å². The molecule has 26 heavy (non-hydrogen) atoms. The summed E-state index contributed by atoms with van der Waals surface area (Å²) in [6, 6.07) is 24.7. The molecular weight excluding hydrogens is 337 g/mol. The van der Waals surface area contributed by atoms with Crippen LogP contribution in [-0.2, 0) is 4.57 Å². The van der Waals surface area contributed by atoms with E-state index in [2.05, 4.69) is 53.5 Å². The van der Waals surface area contributed by atoms with Gasteiger partial charge in [-0.1, -0.05) is 61.5 Å². The van der Waals surface area contributed by atoms with E-state index in [1.165, 1.54) is 5.39 Å². The van der Waals surface area contributed by atoms with Crippen LogP contribution in [0.3, 0.4) is 0 Å². The molecule has 2 heterocycles. The van der Waals surface area contributed by atoms with E-state index in [4.69, 9.17) is 0 Å². The Morgan fingerprint density at radius 2 is 1.58 bits per heavy atom. The Morgan fingerprint density at radius 3 is 2.42 bits per heavy atom. The average Bonchev–Trinajstić information content (AvgIpc) is 2.81. The quantitative estimate of drug-likeness (QED) is 0.438. The lowest BCUT2D eigenvalue weighted by Gasteiger charge is -2.20. The molecule has 2 nitrogen and oxygen atoms in total. The molecule has 1 aliphatic heterocycles. The van der Waals surface area contributed by atoms with Gasteiger partial charge in [0.05, 0.1) is 5.69 Å². The summed E-state index contributed by atoms with van der Waals surface area (Å²) in [6.07, 6.45) is 2.38. The standard InChI is InChI=1S/C23H18NOP/c1-2-26(25)20-14-13-16-8-3-4-9-17(16)22(20)18-10-5-6-11-19(18)23-21(26)12-7-15-24-23/h3-15H,2H2,1H3. The highest BCUT2D eigenvalue weighted by molar-refractivity contribution is 7.79. The van der Waals surface area contributed by atoms with Crippen LogP contribution in [0.2, 0.25) is 0 Å². The van der Waals surface area contributed by atoms with Crippen LogP contribution < -0.4 is 10.6 Å². The van der Waals surface area contributed by atoms with Crippen molar-refractivity contribution in [3.63, 3.8) is 0 Å². The fraction of sp³-hybridized carbons (Fsp3) is 0.0870. The van der Waals surface area contributed by atoms with Gasteiger partial charge in [-0.05, 0) is 34.5 Å². The van der Waals surface area contributed by atoms with Gasteiger partial charge in [-0.15, -0.1) is 0 Å². The molecule has 5 rings (SSSR count). The summed E-state index contributed by atoms with van der Waals surface area (Å²) in [5.41, 5.74) is 4.13. The number of benzene rings is 3. The third-order valence-electron chi connectivity index (χ3n) is 5.37. The Kier molecular flexibility index (Phi) is 3.38. The summed E-state index contributed by atoms with van der Waals surface area (Å²) >= 11 is 0. The molecule has 0 amide bonds. The highest BCUT2D eigenvalue weighted by atomic mass is 31.2. The fourth-order valence-corrected chi connectivity index (χ4v) is 6.82. The predicted molar refractivity (Wildman–Crippen MR) is 110 cm³/mol. The highest BCUT2D eigenvalue weighted by Crippen LogP contribution is 2.52. The first-order valence-corrected chi connectivity index (χ1v) is 10.8. The molecule has 0 fully saturated rings. The van der Waals surface area contributed by atoms with Gasteiger partial charge in [-0.2, -0.15) is 0 Å². The number of aromatic nitrogens is 1. The van der Waals surface area contributed by atoms with E-state index < -0.39 is 7.14 Å².